The third kappa shape index (κ3) is 4.10. The largest absolute Gasteiger partial charge is 0.482 e. The summed E-state index contributed by atoms with van der Waals surface area (Å²) in [6, 6.07) is 13.3. The van der Waals surface area contributed by atoms with Crippen molar-refractivity contribution >= 4 is 11.9 Å². The molecule has 0 bridgehead atoms. The molecule has 2 aromatic rings. The molecule has 0 saturated heterocycles. The predicted molar refractivity (Wildman–Crippen MR) is 98.0 cm³/mol. The van der Waals surface area contributed by atoms with E-state index in [0.717, 1.165) is 30.4 Å². The minimum atomic E-state index is -1.03. The van der Waals surface area contributed by atoms with E-state index in [0.29, 0.717) is 12.3 Å². The van der Waals surface area contributed by atoms with Gasteiger partial charge in [-0.1, -0.05) is 30.7 Å². The number of halogens is 1. The average molecular weight is 371 g/mol. The van der Waals surface area contributed by atoms with Gasteiger partial charge in [-0.25, -0.2) is 9.18 Å². The van der Waals surface area contributed by atoms with Crippen LogP contribution in [0.5, 0.6) is 5.75 Å². The van der Waals surface area contributed by atoms with Gasteiger partial charge in [0.1, 0.15) is 11.6 Å². The highest BCUT2D eigenvalue weighted by atomic mass is 19.1. The molecular weight excluding hydrogens is 349 g/mol. The van der Waals surface area contributed by atoms with Gasteiger partial charge >= 0.3 is 5.97 Å². The van der Waals surface area contributed by atoms with Gasteiger partial charge in [-0.15, -0.1) is 0 Å². The van der Waals surface area contributed by atoms with Crippen LogP contribution in [0.2, 0.25) is 0 Å². The Balaban J connectivity index is 1.69. The number of carbonyl (C=O) groups excluding carboxylic acids is 1. The molecule has 0 aromatic heterocycles. The summed E-state index contributed by atoms with van der Waals surface area (Å²) in [5, 5.41) is 8.63. The van der Waals surface area contributed by atoms with Crippen molar-refractivity contribution in [2.75, 3.05) is 13.7 Å². The molecule has 0 unspecified atom stereocenters. The molecule has 1 aliphatic rings. The van der Waals surface area contributed by atoms with E-state index in [9.17, 15) is 14.0 Å². The lowest BCUT2D eigenvalue weighted by molar-refractivity contribution is -0.140. The lowest BCUT2D eigenvalue weighted by Crippen LogP contribution is -2.49. The van der Waals surface area contributed by atoms with Crippen LogP contribution < -0.4 is 4.74 Å². The Morgan fingerprint density at radius 1 is 1.19 bits per heavy atom. The molecule has 3 rings (SSSR count). The predicted octanol–water partition coefficient (Wildman–Crippen LogP) is 3.37. The van der Waals surface area contributed by atoms with Crippen LogP contribution in [0.25, 0.3) is 0 Å². The van der Waals surface area contributed by atoms with Crippen molar-refractivity contribution in [1.29, 1.82) is 0 Å². The number of carbonyl (C=O) groups is 2. The normalized spacial score (nSPS) is 14.9. The second-order valence-corrected chi connectivity index (χ2v) is 6.93. The van der Waals surface area contributed by atoms with Crippen molar-refractivity contribution in [3.63, 3.8) is 0 Å². The summed E-state index contributed by atoms with van der Waals surface area (Å²) in [7, 11) is 1.75. The van der Waals surface area contributed by atoms with Gasteiger partial charge in [0.25, 0.3) is 0 Å². The molecule has 1 fully saturated rings. The molecule has 0 aliphatic heterocycles. The van der Waals surface area contributed by atoms with Crippen LogP contribution in [0.3, 0.4) is 0 Å². The Bertz CT molecular complexity index is 830. The second kappa shape index (κ2) is 7.78. The van der Waals surface area contributed by atoms with Gasteiger partial charge in [-0.05, 0) is 48.2 Å². The molecule has 142 valence electrons. The molecule has 0 spiro atoms. The lowest BCUT2D eigenvalue weighted by Gasteiger charge is -2.43. The highest BCUT2D eigenvalue weighted by Gasteiger charge is 2.47. The quantitative estimate of drug-likeness (QED) is 0.810. The Morgan fingerprint density at radius 2 is 1.89 bits per heavy atom. The van der Waals surface area contributed by atoms with Crippen LogP contribution in [0.1, 0.15) is 30.4 Å². The fourth-order valence-electron chi connectivity index (χ4n) is 3.49. The molecule has 6 heteroatoms. The topological polar surface area (TPSA) is 66.8 Å². The number of amides is 1. The first-order valence-corrected chi connectivity index (χ1v) is 8.86. The van der Waals surface area contributed by atoms with E-state index in [1.165, 1.54) is 12.1 Å². The summed E-state index contributed by atoms with van der Waals surface area (Å²) in [6.07, 6.45) is 2.40. The van der Waals surface area contributed by atoms with E-state index in [1.807, 2.05) is 6.07 Å². The zero-order valence-electron chi connectivity index (χ0n) is 15.2. The maximum atomic E-state index is 13.6. The van der Waals surface area contributed by atoms with Crippen molar-refractivity contribution < 1.29 is 23.8 Å². The number of benzene rings is 2. The smallest absolute Gasteiger partial charge is 0.341 e. The van der Waals surface area contributed by atoms with E-state index >= 15 is 0 Å². The van der Waals surface area contributed by atoms with Gasteiger partial charge in [0, 0.05) is 13.6 Å². The Hall–Kier alpha value is -2.89. The highest BCUT2D eigenvalue weighted by molar-refractivity contribution is 5.89. The van der Waals surface area contributed by atoms with Crippen molar-refractivity contribution in [2.24, 2.45) is 0 Å². The van der Waals surface area contributed by atoms with Gasteiger partial charge in [0.05, 0.1) is 5.41 Å². The average Bonchev–Trinajstić information content (AvgIpc) is 2.60. The van der Waals surface area contributed by atoms with Crippen molar-refractivity contribution in [3.05, 3.63) is 65.5 Å². The van der Waals surface area contributed by atoms with Gasteiger partial charge < -0.3 is 14.7 Å². The Morgan fingerprint density at radius 3 is 2.44 bits per heavy atom. The molecule has 0 atom stereocenters. The zero-order chi connectivity index (χ0) is 19.4. The van der Waals surface area contributed by atoms with E-state index in [1.54, 1.807) is 42.3 Å². The maximum Gasteiger partial charge on any atom is 0.341 e. The molecule has 1 aliphatic carbocycles. The molecule has 1 amide bonds. The van der Waals surface area contributed by atoms with Crippen LogP contribution in [-0.4, -0.2) is 35.5 Å². The molecule has 0 radical (unpaired) electrons. The number of hydrogen-bond acceptors (Lipinski definition) is 3. The Kier molecular flexibility index (Phi) is 5.44. The molecule has 0 heterocycles. The minimum absolute atomic E-state index is 0.00875. The number of aliphatic carboxylic acids is 1. The van der Waals surface area contributed by atoms with Gasteiger partial charge in [0.15, 0.2) is 6.61 Å². The Labute approximate surface area is 157 Å². The SMILES string of the molecule is CN(Cc1ccc(OCC(=O)O)cc1)C(=O)C1(c2cccc(F)c2)CCC1. The summed E-state index contributed by atoms with van der Waals surface area (Å²) in [5.41, 5.74) is 1.01. The number of rotatable bonds is 7. The number of carboxylic acid groups (broad SMARTS) is 1. The van der Waals surface area contributed by atoms with E-state index < -0.39 is 18.0 Å². The summed E-state index contributed by atoms with van der Waals surface area (Å²) in [6.45, 7) is 0.0169. The summed E-state index contributed by atoms with van der Waals surface area (Å²) >= 11 is 0. The first-order valence-electron chi connectivity index (χ1n) is 8.86. The number of carboxylic acids is 1. The van der Waals surface area contributed by atoms with Crippen LogP contribution in [0.15, 0.2) is 48.5 Å². The first-order chi connectivity index (χ1) is 12.9. The van der Waals surface area contributed by atoms with Crippen molar-refractivity contribution in [1.82, 2.24) is 4.90 Å². The summed E-state index contributed by atoms with van der Waals surface area (Å²) in [4.78, 5) is 25.3. The molecule has 27 heavy (non-hydrogen) atoms. The number of ether oxygens (including phenoxy) is 1. The van der Waals surface area contributed by atoms with Crippen molar-refractivity contribution in [2.45, 2.75) is 31.2 Å². The van der Waals surface area contributed by atoms with Crippen LogP contribution >= 0.6 is 0 Å². The number of likely N-dealkylation sites (N-methyl/N-ethyl adjacent to an activating group) is 1. The fourth-order valence-corrected chi connectivity index (χ4v) is 3.49. The fraction of sp³-hybridized carbons (Fsp3) is 0.333. The van der Waals surface area contributed by atoms with E-state index in [-0.39, 0.29) is 11.7 Å². The van der Waals surface area contributed by atoms with Crippen LogP contribution in [0, 0.1) is 5.82 Å². The third-order valence-corrected chi connectivity index (χ3v) is 5.05. The third-order valence-electron chi connectivity index (χ3n) is 5.05. The van der Waals surface area contributed by atoms with Gasteiger partial charge in [-0.2, -0.15) is 0 Å². The summed E-state index contributed by atoms with van der Waals surface area (Å²) in [5.74, 6) is -0.908. The molecule has 5 nitrogen and oxygen atoms in total. The minimum Gasteiger partial charge on any atom is -0.482 e. The molecule has 1 saturated carbocycles. The summed E-state index contributed by atoms with van der Waals surface area (Å²) < 4.78 is 18.8. The molecule has 1 N–H and O–H groups in total. The van der Waals surface area contributed by atoms with E-state index in [2.05, 4.69) is 0 Å². The second-order valence-electron chi connectivity index (χ2n) is 6.93. The number of hydrogen-bond donors (Lipinski definition) is 1. The lowest BCUT2D eigenvalue weighted by atomic mass is 9.63. The maximum absolute atomic E-state index is 13.6. The number of nitrogens with zero attached hydrogens (tertiary/aromatic N) is 1. The van der Waals surface area contributed by atoms with Crippen molar-refractivity contribution in [3.8, 4) is 5.75 Å². The standard InChI is InChI=1S/C21H22FNO4/c1-23(13-15-6-8-18(9-7-15)27-14-19(24)25)20(26)21(10-3-11-21)16-4-2-5-17(22)12-16/h2,4-9,12H,3,10-11,13-14H2,1H3,(H,24,25). The van der Waals surface area contributed by atoms with Gasteiger partial charge in [-0.3, -0.25) is 4.79 Å². The van der Waals surface area contributed by atoms with Crippen LogP contribution in [-0.2, 0) is 21.5 Å². The van der Waals surface area contributed by atoms with Gasteiger partial charge in [0.2, 0.25) is 5.91 Å². The van der Waals surface area contributed by atoms with E-state index in [4.69, 9.17) is 9.84 Å². The highest BCUT2D eigenvalue weighted by Crippen LogP contribution is 2.45. The van der Waals surface area contributed by atoms with Crippen LogP contribution in [0.4, 0.5) is 4.39 Å². The first kappa shape index (κ1) is 18.9. The zero-order valence-corrected chi connectivity index (χ0v) is 15.2. The molecule has 2 aromatic carbocycles. The molecular formula is C21H22FNO4. The monoisotopic (exact) mass is 371 g/mol.